The number of aliphatic hydroxyl groups excluding tert-OH is 1. The van der Waals surface area contributed by atoms with Crippen LogP contribution in [0, 0.1) is 0 Å². The van der Waals surface area contributed by atoms with Crippen molar-refractivity contribution >= 4 is 18.5 Å². The smallest absolute Gasteiger partial charge is 0.393 e. The number of hydrazine groups is 1. The molecule has 0 saturated carbocycles. The monoisotopic (exact) mass is 465 g/mol. The van der Waals surface area contributed by atoms with Gasteiger partial charge in [0.15, 0.2) is 5.84 Å². The van der Waals surface area contributed by atoms with E-state index in [1.807, 2.05) is 0 Å². The summed E-state index contributed by atoms with van der Waals surface area (Å²) >= 11 is 0. The number of aliphatic imine (C=N–C) groups is 1. The second-order valence-corrected chi connectivity index (χ2v) is 6.96. The summed E-state index contributed by atoms with van der Waals surface area (Å²) in [6.07, 6.45) is -7.23. The summed E-state index contributed by atoms with van der Waals surface area (Å²) in [4.78, 5) is 15.4. The zero-order chi connectivity index (χ0) is 24.1. The van der Waals surface area contributed by atoms with Crippen molar-refractivity contribution in [2.75, 3.05) is 20.1 Å². The number of rotatable bonds is 5. The number of piperidine rings is 1. The lowest BCUT2D eigenvalue weighted by Gasteiger charge is -2.29. The first-order valence-electron chi connectivity index (χ1n) is 9.29. The fourth-order valence-corrected chi connectivity index (χ4v) is 2.79. The molecule has 1 aromatic carbocycles. The summed E-state index contributed by atoms with van der Waals surface area (Å²) in [6.45, 7) is 4.06. The number of aliphatic hydroxyl groups is 1. The number of alkyl halides is 6. The molecule has 0 atom stereocenters. The van der Waals surface area contributed by atoms with Crippen LogP contribution >= 0.6 is 0 Å². The molecule has 1 aromatic rings. The molecule has 0 unspecified atom stereocenters. The van der Waals surface area contributed by atoms with Crippen molar-refractivity contribution in [1.82, 2.24) is 15.4 Å². The highest BCUT2D eigenvalue weighted by Crippen LogP contribution is 2.36. The molecular formula is C19H21F6N5O2. The van der Waals surface area contributed by atoms with Crippen LogP contribution in [0.15, 0.2) is 40.6 Å². The van der Waals surface area contributed by atoms with Crippen molar-refractivity contribution < 1.29 is 36.2 Å². The normalized spacial score (nSPS) is 16.9. The van der Waals surface area contributed by atoms with Gasteiger partial charge in [-0.25, -0.2) is 10.0 Å². The molecule has 2 rings (SSSR count). The van der Waals surface area contributed by atoms with Gasteiger partial charge in [-0.05, 0) is 37.8 Å². The van der Waals surface area contributed by atoms with E-state index in [4.69, 9.17) is 0 Å². The van der Waals surface area contributed by atoms with Gasteiger partial charge in [-0.3, -0.25) is 15.2 Å². The number of hydrazone groups is 1. The first kappa shape index (κ1) is 25.3. The van der Waals surface area contributed by atoms with Gasteiger partial charge in [0.2, 0.25) is 0 Å². The van der Waals surface area contributed by atoms with Crippen molar-refractivity contribution in [3.05, 3.63) is 47.2 Å². The van der Waals surface area contributed by atoms with Crippen LogP contribution in [0.5, 0.6) is 0 Å². The molecule has 32 heavy (non-hydrogen) atoms. The largest absolute Gasteiger partial charge is 0.416 e. The van der Waals surface area contributed by atoms with Gasteiger partial charge in [-0.2, -0.15) is 31.4 Å². The summed E-state index contributed by atoms with van der Waals surface area (Å²) in [5.74, 6) is -1.03. The highest BCUT2D eigenvalue weighted by atomic mass is 19.4. The number of carbonyl (C=O) groups excluding carboxylic acids is 1. The van der Waals surface area contributed by atoms with Crippen LogP contribution in [0.1, 0.15) is 29.5 Å². The molecule has 176 valence electrons. The number of amidine groups is 1. The Morgan fingerprint density at radius 3 is 2.16 bits per heavy atom. The summed E-state index contributed by atoms with van der Waals surface area (Å²) in [6, 6.07) is 0.966. The van der Waals surface area contributed by atoms with Crippen LogP contribution in [-0.2, 0) is 17.1 Å². The van der Waals surface area contributed by atoms with E-state index in [0.717, 1.165) is 17.3 Å². The van der Waals surface area contributed by atoms with E-state index in [2.05, 4.69) is 22.2 Å². The van der Waals surface area contributed by atoms with E-state index in [1.165, 1.54) is 7.05 Å². The minimum atomic E-state index is -5.02. The zero-order valence-corrected chi connectivity index (χ0v) is 16.9. The van der Waals surface area contributed by atoms with Crippen LogP contribution < -0.4 is 5.43 Å². The molecule has 0 spiro atoms. The maximum Gasteiger partial charge on any atom is 0.416 e. The second kappa shape index (κ2) is 10.1. The number of halogens is 6. The maximum absolute atomic E-state index is 13.1. The molecule has 1 aliphatic heterocycles. The van der Waals surface area contributed by atoms with Gasteiger partial charge in [0.05, 0.1) is 17.2 Å². The Labute approximate surface area is 179 Å². The molecule has 1 aliphatic rings. The Kier molecular flexibility index (Phi) is 8.02. The Morgan fingerprint density at radius 2 is 1.69 bits per heavy atom. The zero-order valence-electron chi connectivity index (χ0n) is 16.9. The molecule has 7 nitrogen and oxygen atoms in total. The number of nitrogens with zero attached hydrogens (tertiary/aromatic N) is 4. The summed E-state index contributed by atoms with van der Waals surface area (Å²) in [5.41, 5.74) is -0.988. The van der Waals surface area contributed by atoms with Crippen molar-refractivity contribution in [3.63, 3.8) is 0 Å². The highest BCUT2D eigenvalue weighted by molar-refractivity contribution is 6.01. The molecule has 1 heterocycles. The van der Waals surface area contributed by atoms with E-state index >= 15 is 0 Å². The minimum absolute atomic E-state index is 0.00223. The SMILES string of the molecule is C=N/C(=N\N(C)/C=C\C(=O)NN1CCC(O)CC1)c1cc(C(F)(F)F)cc(C(F)(F)F)c1. The third kappa shape index (κ3) is 7.34. The molecule has 1 amide bonds. The summed E-state index contributed by atoms with van der Waals surface area (Å²) in [7, 11) is 1.31. The lowest BCUT2D eigenvalue weighted by Crippen LogP contribution is -2.47. The number of hydrogen-bond acceptors (Lipinski definition) is 5. The van der Waals surface area contributed by atoms with Gasteiger partial charge in [0.25, 0.3) is 5.91 Å². The Balaban J connectivity index is 2.19. The molecule has 1 saturated heterocycles. The number of nitrogens with one attached hydrogen (secondary N) is 1. The van der Waals surface area contributed by atoms with E-state index in [0.29, 0.717) is 38.1 Å². The number of benzene rings is 1. The van der Waals surface area contributed by atoms with E-state index in [-0.39, 0.29) is 6.07 Å². The number of amides is 1. The fourth-order valence-electron chi connectivity index (χ4n) is 2.79. The van der Waals surface area contributed by atoms with Crippen LogP contribution in [0.25, 0.3) is 0 Å². The third-order valence-corrected chi connectivity index (χ3v) is 4.42. The van der Waals surface area contributed by atoms with Gasteiger partial charge < -0.3 is 5.11 Å². The standard InChI is InChI=1S/C19H21F6N5O2/c1-26-17(12-9-13(18(20,21)22)11-14(10-12)19(23,24)25)28-29(2)6-5-16(32)27-30-7-3-15(31)4-8-30/h5-6,9-11,15,31H,1,3-4,7-8H2,2H3,(H,27,32)/b6-5-,28-17-. The summed E-state index contributed by atoms with van der Waals surface area (Å²) in [5, 5.41) is 15.9. The molecular weight excluding hydrogens is 444 g/mol. The van der Waals surface area contributed by atoms with Gasteiger partial charge in [-0.1, -0.05) is 0 Å². The topological polar surface area (TPSA) is 80.5 Å². The number of carbonyl (C=O) groups is 1. The van der Waals surface area contributed by atoms with Gasteiger partial charge in [0, 0.05) is 38.0 Å². The predicted molar refractivity (Wildman–Crippen MR) is 104 cm³/mol. The molecule has 2 N–H and O–H groups in total. The number of hydrogen-bond donors (Lipinski definition) is 2. The molecule has 0 aromatic heterocycles. The first-order chi connectivity index (χ1) is 14.8. The van der Waals surface area contributed by atoms with Gasteiger partial charge in [-0.15, -0.1) is 0 Å². The Morgan fingerprint density at radius 1 is 1.16 bits per heavy atom. The second-order valence-electron chi connectivity index (χ2n) is 6.96. The Hall–Kier alpha value is -2.93. The Bertz CT molecular complexity index is 857. The first-order valence-corrected chi connectivity index (χ1v) is 9.29. The molecule has 0 bridgehead atoms. The minimum Gasteiger partial charge on any atom is -0.393 e. The molecule has 0 radical (unpaired) electrons. The maximum atomic E-state index is 13.1. The third-order valence-electron chi connectivity index (χ3n) is 4.42. The van der Waals surface area contributed by atoms with Crippen LogP contribution in [0.3, 0.4) is 0 Å². The molecule has 1 fully saturated rings. The van der Waals surface area contributed by atoms with Gasteiger partial charge >= 0.3 is 12.4 Å². The lowest BCUT2D eigenvalue weighted by molar-refractivity contribution is -0.143. The van der Waals surface area contributed by atoms with Crippen molar-refractivity contribution in [3.8, 4) is 0 Å². The van der Waals surface area contributed by atoms with Crippen LogP contribution in [-0.4, -0.2) is 59.8 Å². The van der Waals surface area contributed by atoms with E-state index in [1.54, 1.807) is 5.01 Å². The fraction of sp³-hybridized carbons (Fsp3) is 0.421. The predicted octanol–water partition coefficient (Wildman–Crippen LogP) is 3.02. The van der Waals surface area contributed by atoms with Gasteiger partial charge in [0.1, 0.15) is 0 Å². The summed E-state index contributed by atoms with van der Waals surface area (Å²) < 4.78 is 78.3. The van der Waals surface area contributed by atoms with Crippen LogP contribution in [0.2, 0.25) is 0 Å². The van der Waals surface area contributed by atoms with Crippen molar-refractivity contribution in [1.29, 1.82) is 0 Å². The molecule has 13 heteroatoms. The molecule has 0 aliphatic carbocycles. The highest BCUT2D eigenvalue weighted by Gasteiger charge is 2.37. The average Bonchev–Trinajstić information content (AvgIpc) is 2.70. The van der Waals surface area contributed by atoms with Crippen LogP contribution in [0.4, 0.5) is 26.3 Å². The quantitative estimate of drug-likeness (QED) is 0.230. The average molecular weight is 465 g/mol. The lowest BCUT2D eigenvalue weighted by atomic mass is 10.0. The van der Waals surface area contributed by atoms with E-state index < -0.39 is 46.9 Å². The van der Waals surface area contributed by atoms with E-state index in [9.17, 15) is 36.2 Å². The van der Waals surface area contributed by atoms with Crippen molar-refractivity contribution in [2.45, 2.75) is 31.3 Å². The van der Waals surface area contributed by atoms with Crippen molar-refractivity contribution in [2.24, 2.45) is 10.1 Å².